The zero-order valence-electron chi connectivity index (χ0n) is 49.6. The molecule has 8 aliphatic rings. The van der Waals surface area contributed by atoms with Crippen LogP contribution in [0.2, 0.25) is 0 Å². The Labute approximate surface area is 486 Å². The SMILES string of the molecule is C=C(C(=O)OC1(CC)CCCC1)C(F)(F)F.CC1C2CC(CC(O)(C(F)(F)F)C(F)(F)F)C(C2)C1C.CCC1(OC(=O)C(C)(CC)C(F)(F)F)CCCC1.CCC1(OC(=O)C2C3CC4C(OC(=O)C42)C3OC(=O)C(C)(CC)C(F)(F)F)CCCC1. The predicted molar refractivity (Wildman–Crippen MR) is 275 cm³/mol. The Balaban J connectivity index is 0.000000216. The lowest BCUT2D eigenvalue weighted by Crippen LogP contribution is -2.58. The van der Waals surface area contributed by atoms with E-state index in [9.17, 15) is 94.9 Å². The molecule has 0 spiro atoms. The number of alkyl halides is 15. The van der Waals surface area contributed by atoms with E-state index in [1.54, 1.807) is 0 Å². The van der Waals surface area contributed by atoms with Gasteiger partial charge in [-0.15, -0.1) is 0 Å². The smallest absolute Gasteiger partial charge is 0.426 e. The Hall–Kier alpha value is -4.00. The van der Waals surface area contributed by atoms with Crippen molar-refractivity contribution in [3.63, 3.8) is 0 Å². The standard InChI is InChI=1S/C22H29F3O6.C13H18F6O.C13H21F3O2.C11H15F3O2/c1-4-20(3,22(23,24)25)19(28)30-16-12-10-11-13(17(26)29-15(11)16)14(12)18(27)31-21(5-2)8-6-7-9-21;1-6-7(2)10-4-8(6)3-9(10)5-11(20,12(14,15)16)13(17,18)19;1-4-11(3,13(14,15)16)10(17)18-12(5-2)8-6-7-9-12;1-3-10(6-4-5-7-10)16-9(15)8(2)11(12,13)14/h11-16H,4-10H2,1-3H3;6-10,20H,3-5H2,1-2H3;4-9H2,1-3H3;2-7H2,1H3. The maximum atomic E-state index is 13.5. The van der Waals surface area contributed by atoms with Gasteiger partial charge in [0.1, 0.15) is 34.6 Å². The van der Waals surface area contributed by atoms with Gasteiger partial charge in [-0.25, -0.2) is 4.79 Å². The van der Waals surface area contributed by atoms with Gasteiger partial charge in [0.05, 0.1) is 11.8 Å². The first-order valence-corrected chi connectivity index (χ1v) is 29.7. The normalized spacial score (nSPS) is 31.2. The number of hydrogen-bond acceptors (Lipinski definition) is 11. The number of aliphatic hydroxyl groups is 1. The Morgan fingerprint density at radius 1 is 0.576 bits per heavy atom. The summed E-state index contributed by atoms with van der Waals surface area (Å²) >= 11 is 0. The van der Waals surface area contributed by atoms with Gasteiger partial charge in [-0.05, 0) is 178 Å². The largest absolute Gasteiger partial charge is 0.459 e. The summed E-state index contributed by atoms with van der Waals surface area (Å²) < 4.78 is 219. The average molecular weight is 1250 g/mol. The fraction of sp³-hybridized carbons (Fsp3) is 0.881. The summed E-state index contributed by atoms with van der Waals surface area (Å²) in [6, 6.07) is 0. The molecular weight excluding hydrogens is 1170 g/mol. The summed E-state index contributed by atoms with van der Waals surface area (Å²) in [7, 11) is 0. The number of ether oxygens (including phenoxy) is 5. The van der Waals surface area contributed by atoms with E-state index < -0.39 is 148 Å². The van der Waals surface area contributed by atoms with Crippen LogP contribution in [0.1, 0.15) is 197 Å². The van der Waals surface area contributed by atoms with Crippen molar-refractivity contribution in [1.82, 2.24) is 0 Å². The molecule has 0 aromatic carbocycles. The second-order valence-electron chi connectivity index (χ2n) is 25.6. The molecule has 490 valence electrons. The minimum Gasteiger partial charge on any atom is -0.459 e. The highest BCUT2D eigenvalue weighted by molar-refractivity contribution is 5.89. The van der Waals surface area contributed by atoms with Gasteiger partial charge >= 0.3 is 60.7 Å². The van der Waals surface area contributed by atoms with Crippen LogP contribution in [0.15, 0.2) is 12.2 Å². The van der Waals surface area contributed by atoms with E-state index >= 15 is 0 Å². The lowest BCUT2D eigenvalue weighted by Gasteiger charge is -2.39. The quantitative estimate of drug-likeness (QED) is 0.0722. The van der Waals surface area contributed by atoms with Gasteiger partial charge in [0.25, 0.3) is 5.60 Å². The second-order valence-corrected chi connectivity index (χ2v) is 25.6. The second kappa shape index (κ2) is 25.8. The summed E-state index contributed by atoms with van der Waals surface area (Å²) in [6.45, 7) is 16.6. The number of esters is 5. The van der Waals surface area contributed by atoms with E-state index in [0.717, 1.165) is 65.2 Å². The lowest BCUT2D eigenvalue weighted by atomic mass is 9.72. The molecule has 8 fully saturated rings. The monoisotopic (exact) mass is 1250 g/mol. The Bertz CT molecular complexity index is 2350. The van der Waals surface area contributed by atoms with Crippen molar-refractivity contribution in [2.24, 2.45) is 64.1 Å². The van der Waals surface area contributed by atoms with Crippen LogP contribution in [0.25, 0.3) is 0 Å². The fourth-order valence-corrected chi connectivity index (χ4v) is 14.4. The van der Waals surface area contributed by atoms with Crippen molar-refractivity contribution in [3.05, 3.63) is 12.2 Å². The van der Waals surface area contributed by atoms with E-state index in [4.69, 9.17) is 23.7 Å². The van der Waals surface area contributed by atoms with Crippen molar-refractivity contribution in [2.75, 3.05) is 0 Å². The first kappa shape index (κ1) is 71.8. The highest BCUT2D eigenvalue weighted by atomic mass is 19.4. The fourth-order valence-electron chi connectivity index (χ4n) is 14.4. The number of halogens is 15. The number of carbonyl (C=O) groups is 5. The Morgan fingerprint density at radius 3 is 1.38 bits per heavy atom. The molecule has 4 bridgehead atoms. The molecule has 0 radical (unpaired) electrons. The molecule has 13 atom stereocenters. The van der Waals surface area contributed by atoms with Gasteiger partial charge in [-0.1, -0.05) is 55.0 Å². The molecule has 8 rings (SSSR count). The van der Waals surface area contributed by atoms with Crippen LogP contribution in [0, 0.1) is 64.1 Å². The molecule has 13 unspecified atom stereocenters. The molecule has 1 saturated heterocycles. The lowest BCUT2D eigenvalue weighted by molar-refractivity contribution is -0.373. The van der Waals surface area contributed by atoms with E-state index in [0.29, 0.717) is 70.1 Å². The van der Waals surface area contributed by atoms with Crippen molar-refractivity contribution in [3.8, 4) is 0 Å². The van der Waals surface area contributed by atoms with Gasteiger partial charge < -0.3 is 28.8 Å². The first-order valence-electron chi connectivity index (χ1n) is 29.7. The predicted octanol–water partition coefficient (Wildman–Crippen LogP) is 15.7. The summed E-state index contributed by atoms with van der Waals surface area (Å²) in [5.41, 5.74) is -13.0. The number of hydrogen-bond donors (Lipinski definition) is 1. The summed E-state index contributed by atoms with van der Waals surface area (Å²) in [5, 5.41) is 9.28. The van der Waals surface area contributed by atoms with Crippen LogP contribution in [0.5, 0.6) is 0 Å². The van der Waals surface area contributed by atoms with E-state index in [-0.39, 0.29) is 30.1 Å². The van der Waals surface area contributed by atoms with E-state index in [1.807, 2.05) is 34.6 Å². The zero-order valence-corrected chi connectivity index (χ0v) is 49.6. The van der Waals surface area contributed by atoms with Crippen LogP contribution in [0.4, 0.5) is 65.9 Å². The molecule has 7 saturated carbocycles. The Morgan fingerprint density at radius 2 is 1.00 bits per heavy atom. The molecule has 1 N–H and O–H groups in total. The molecule has 0 aromatic rings. The molecule has 0 amide bonds. The van der Waals surface area contributed by atoms with Gasteiger partial charge in [-0.2, -0.15) is 65.9 Å². The molecular formula is C59H83F15O11. The van der Waals surface area contributed by atoms with Crippen molar-refractivity contribution < 1.29 is 119 Å². The van der Waals surface area contributed by atoms with E-state index in [2.05, 4.69) is 6.58 Å². The van der Waals surface area contributed by atoms with Crippen LogP contribution >= 0.6 is 0 Å². The van der Waals surface area contributed by atoms with Gasteiger partial charge in [0.2, 0.25) is 0 Å². The van der Waals surface area contributed by atoms with E-state index in [1.165, 1.54) is 13.8 Å². The van der Waals surface area contributed by atoms with Crippen LogP contribution in [-0.4, -0.2) is 100 Å². The van der Waals surface area contributed by atoms with Gasteiger partial charge in [-0.3, -0.25) is 19.2 Å². The van der Waals surface area contributed by atoms with Crippen molar-refractivity contribution in [1.29, 1.82) is 0 Å². The molecule has 1 heterocycles. The zero-order chi connectivity index (χ0) is 64.7. The maximum Gasteiger partial charge on any atom is 0.426 e. The Kier molecular flexibility index (Phi) is 21.8. The van der Waals surface area contributed by atoms with Crippen molar-refractivity contribution in [2.45, 2.75) is 263 Å². The topological polar surface area (TPSA) is 152 Å². The molecule has 11 nitrogen and oxygen atoms in total. The van der Waals surface area contributed by atoms with Crippen LogP contribution in [0.3, 0.4) is 0 Å². The average Bonchev–Trinajstić information content (AvgIpc) is 1.58. The third-order valence-corrected chi connectivity index (χ3v) is 21.2. The van der Waals surface area contributed by atoms with Crippen LogP contribution in [-0.2, 0) is 47.7 Å². The maximum absolute atomic E-state index is 13.5. The summed E-state index contributed by atoms with van der Waals surface area (Å²) in [5.74, 6) is -7.59. The first-order chi connectivity index (χ1) is 38.9. The number of carbonyl (C=O) groups excluding carboxylic acids is 5. The van der Waals surface area contributed by atoms with Gasteiger partial charge in [0.15, 0.2) is 10.8 Å². The molecule has 7 aliphatic carbocycles. The molecule has 0 aromatic heterocycles. The molecule has 26 heteroatoms. The highest BCUT2D eigenvalue weighted by Gasteiger charge is 2.73. The number of rotatable bonds is 15. The third kappa shape index (κ3) is 14.4. The minimum absolute atomic E-state index is 0.115. The minimum atomic E-state index is -5.69. The third-order valence-electron chi connectivity index (χ3n) is 21.2. The molecule has 1 aliphatic heterocycles. The highest BCUT2D eigenvalue weighted by Crippen LogP contribution is 2.61. The van der Waals surface area contributed by atoms with Gasteiger partial charge in [0, 0.05) is 11.8 Å². The summed E-state index contributed by atoms with van der Waals surface area (Å²) in [4.78, 5) is 61.4. The van der Waals surface area contributed by atoms with Crippen LogP contribution < -0.4 is 0 Å². The summed E-state index contributed by atoms with van der Waals surface area (Å²) in [6.07, 6.45) is -16.5. The molecule has 85 heavy (non-hydrogen) atoms. The number of fused-ring (bicyclic) bond motifs is 3. The van der Waals surface area contributed by atoms with Crippen molar-refractivity contribution >= 4 is 29.8 Å².